The Hall–Kier alpha value is -1.33. The summed E-state index contributed by atoms with van der Waals surface area (Å²) in [6.45, 7) is 2.99. The highest BCUT2D eigenvalue weighted by molar-refractivity contribution is 5.85. The zero-order valence-corrected chi connectivity index (χ0v) is 14.3. The fraction of sp³-hybridized carbons (Fsp3) is 0.562. The minimum absolute atomic E-state index is 0. The van der Waals surface area contributed by atoms with E-state index in [0.29, 0.717) is 17.9 Å². The molecule has 0 radical (unpaired) electrons. The van der Waals surface area contributed by atoms with Crippen LogP contribution in [0.25, 0.3) is 0 Å². The molecular weight excluding hydrogens is 307 g/mol. The third-order valence-electron chi connectivity index (χ3n) is 3.08. The predicted octanol–water partition coefficient (Wildman–Crippen LogP) is 2.98. The Bertz CT molecular complexity index is 444. The lowest BCUT2D eigenvalue weighted by molar-refractivity contribution is -0.127. The Balaban J connectivity index is 0.00000441. The molecule has 1 atom stereocenters. The predicted molar refractivity (Wildman–Crippen MR) is 89.5 cm³/mol. The molecule has 0 heterocycles. The molecule has 1 aromatic rings. The molecule has 0 fully saturated rings. The minimum atomic E-state index is -1.16. The van der Waals surface area contributed by atoms with Crippen molar-refractivity contribution in [2.24, 2.45) is 0 Å². The van der Waals surface area contributed by atoms with Crippen molar-refractivity contribution >= 4 is 18.3 Å². The van der Waals surface area contributed by atoms with Gasteiger partial charge in [0.05, 0.1) is 13.2 Å². The van der Waals surface area contributed by atoms with E-state index in [4.69, 9.17) is 4.74 Å². The molecule has 0 aliphatic rings. The molecule has 0 saturated carbocycles. The summed E-state index contributed by atoms with van der Waals surface area (Å²) in [7, 11) is 3.35. The molecule has 0 saturated heterocycles. The van der Waals surface area contributed by atoms with E-state index < -0.39 is 6.17 Å². The van der Waals surface area contributed by atoms with Gasteiger partial charge in [-0.05, 0) is 24.1 Å². The summed E-state index contributed by atoms with van der Waals surface area (Å²) in [6, 6.07) is 7.06. The second kappa shape index (κ2) is 11.3. The summed E-state index contributed by atoms with van der Waals surface area (Å²) in [6.07, 6.45) is 0.891. The molecule has 1 amide bonds. The van der Waals surface area contributed by atoms with Crippen LogP contribution in [-0.2, 0) is 4.79 Å². The number of carbonyl (C=O) groups excluding carboxylic acids is 1. The molecular formula is C16H26ClFN2O2. The average Bonchev–Trinajstić information content (AvgIpc) is 2.47. The first kappa shape index (κ1) is 20.7. The maximum Gasteiger partial charge on any atom is 0.236 e. The van der Waals surface area contributed by atoms with Gasteiger partial charge in [0.1, 0.15) is 11.9 Å². The van der Waals surface area contributed by atoms with Crippen molar-refractivity contribution < 1.29 is 13.9 Å². The van der Waals surface area contributed by atoms with E-state index in [1.807, 2.05) is 6.07 Å². The van der Waals surface area contributed by atoms with Crippen LogP contribution in [0.2, 0.25) is 0 Å². The zero-order chi connectivity index (χ0) is 15.7. The van der Waals surface area contributed by atoms with Crippen molar-refractivity contribution in [1.82, 2.24) is 10.2 Å². The summed E-state index contributed by atoms with van der Waals surface area (Å²) in [5.41, 5.74) is 0.564. The number of alkyl halides is 1. The van der Waals surface area contributed by atoms with Crippen molar-refractivity contribution in [2.75, 3.05) is 33.8 Å². The van der Waals surface area contributed by atoms with Gasteiger partial charge in [0.25, 0.3) is 0 Å². The van der Waals surface area contributed by atoms with Crippen molar-refractivity contribution in [1.29, 1.82) is 0 Å². The lowest BCUT2D eigenvalue weighted by Gasteiger charge is -2.14. The number of nitrogens with zero attached hydrogens (tertiary/aromatic N) is 1. The first-order chi connectivity index (χ1) is 10.0. The van der Waals surface area contributed by atoms with Gasteiger partial charge in [0.2, 0.25) is 5.91 Å². The third kappa shape index (κ3) is 7.61. The molecule has 1 rings (SSSR count). The summed E-state index contributed by atoms with van der Waals surface area (Å²) in [5, 5.41) is 2.83. The van der Waals surface area contributed by atoms with E-state index in [9.17, 15) is 9.18 Å². The van der Waals surface area contributed by atoms with Gasteiger partial charge < -0.3 is 15.0 Å². The van der Waals surface area contributed by atoms with Crippen molar-refractivity contribution in [3.05, 3.63) is 29.8 Å². The fourth-order valence-electron chi connectivity index (χ4n) is 1.72. The zero-order valence-electron chi connectivity index (χ0n) is 13.5. The van der Waals surface area contributed by atoms with Crippen LogP contribution in [0.5, 0.6) is 5.75 Å². The van der Waals surface area contributed by atoms with Gasteiger partial charge in [-0.15, -0.1) is 12.4 Å². The molecule has 0 bridgehead atoms. The quantitative estimate of drug-likeness (QED) is 0.707. The summed E-state index contributed by atoms with van der Waals surface area (Å²) >= 11 is 0. The van der Waals surface area contributed by atoms with Crippen molar-refractivity contribution in [2.45, 2.75) is 25.9 Å². The number of carbonyl (C=O) groups is 1. The molecule has 1 N–H and O–H groups in total. The average molecular weight is 333 g/mol. The number of likely N-dealkylation sites (N-methyl/N-ethyl adjacent to an activating group) is 1. The number of halogens is 2. The number of ether oxygens (including phenoxy) is 1. The van der Waals surface area contributed by atoms with Crippen molar-refractivity contribution in [3.8, 4) is 5.75 Å². The van der Waals surface area contributed by atoms with Crippen LogP contribution in [0.15, 0.2) is 24.3 Å². The van der Waals surface area contributed by atoms with Crippen LogP contribution >= 0.6 is 12.4 Å². The Morgan fingerprint density at radius 2 is 2.14 bits per heavy atom. The van der Waals surface area contributed by atoms with Crippen LogP contribution in [0, 0.1) is 0 Å². The number of nitrogens with one attached hydrogen (secondary N) is 1. The first-order valence-electron chi connectivity index (χ1n) is 7.32. The van der Waals surface area contributed by atoms with Gasteiger partial charge in [-0.25, -0.2) is 4.39 Å². The monoisotopic (exact) mass is 332 g/mol. The first-order valence-corrected chi connectivity index (χ1v) is 7.32. The maximum atomic E-state index is 14.1. The van der Waals surface area contributed by atoms with Gasteiger partial charge in [0, 0.05) is 20.6 Å². The molecule has 0 spiro atoms. The molecule has 4 nitrogen and oxygen atoms in total. The summed E-state index contributed by atoms with van der Waals surface area (Å²) in [4.78, 5) is 12.9. The van der Waals surface area contributed by atoms with E-state index in [1.165, 1.54) is 4.90 Å². The number of benzene rings is 1. The number of amides is 1. The summed E-state index contributed by atoms with van der Waals surface area (Å²) < 4.78 is 19.7. The number of unbranched alkanes of at least 4 members (excludes halogenated alkanes) is 1. The Kier molecular flexibility index (Phi) is 10.6. The number of rotatable bonds is 9. The van der Waals surface area contributed by atoms with E-state index in [1.54, 1.807) is 32.3 Å². The van der Waals surface area contributed by atoms with E-state index in [2.05, 4.69) is 12.2 Å². The number of hydrogen-bond donors (Lipinski definition) is 1. The van der Waals surface area contributed by atoms with E-state index in [-0.39, 0.29) is 31.4 Å². The number of hydrogen-bond acceptors (Lipinski definition) is 3. The SMILES string of the molecule is CCCCOc1cccc(C(F)CNCC(=O)N(C)C)c1.Cl. The minimum Gasteiger partial charge on any atom is -0.494 e. The van der Waals surface area contributed by atoms with Gasteiger partial charge >= 0.3 is 0 Å². The lowest BCUT2D eigenvalue weighted by atomic mass is 10.1. The highest BCUT2D eigenvalue weighted by Crippen LogP contribution is 2.21. The Morgan fingerprint density at radius 3 is 2.77 bits per heavy atom. The summed E-state index contributed by atoms with van der Waals surface area (Å²) in [5.74, 6) is 0.617. The van der Waals surface area contributed by atoms with E-state index >= 15 is 0 Å². The molecule has 0 aliphatic heterocycles. The topological polar surface area (TPSA) is 41.6 Å². The largest absolute Gasteiger partial charge is 0.494 e. The van der Waals surface area contributed by atoms with Crippen LogP contribution in [0.1, 0.15) is 31.5 Å². The third-order valence-corrected chi connectivity index (χ3v) is 3.08. The second-order valence-corrected chi connectivity index (χ2v) is 5.16. The highest BCUT2D eigenvalue weighted by atomic mass is 35.5. The Labute approximate surface area is 138 Å². The molecule has 126 valence electrons. The van der Waals surface area contributed by atoms with Crippen LogP contribution in [-0.4, -0.2) is 44.6 Å². The lowest BCUT2D eigenvalue weighted by Crippen LogP contribution is -2.34. The van der Waals surface area contributed by atoms with Crippen LogP contribution < -0.4 is 10.1 Å². The molecule has 22 heavy (non-hydrogen) atoms. The van der Waals surface area contributed by atoms with Gasteiger partial charge in [-0.3, -0.25) is 4.79 Å². The molecule has 6 heteroatoms. The standard InChI is InChI=1S/C16H25FN2O2.ClH/c1-4-5-9-21-14-8-6-7-13(10-14)15(17)11-18-12-16(20)19(2)3;/h6-8,10,15,18H,4-5,9,11-12H2,1-3H3;1H. The van der Waals surface area contributed by atoms with Crippen LogP contribution in [0.3, 0.4) is 0 Å². The molecule has 0 aromatic heterocycles. The molecule has 1 aromatic carbocycles. The van der Waals surface area contributed by atoms with Gasteiger partial charge in [-0.1, -0.05) is 25.5 Å². The van der Waals surface area contributed by atoms with Crippen molar-refractivity contribution in [3.63, 3.8) is 0 Å². The highest BCUT2D eigenvalue weighted by Gasteiger charge is 2.11. The molecule has 1 unspecified atom stereocenters. The Morgan fingerprint density at radius 1 is 1.41 bits per heavy atom. The molecule has 0 aliphatic carbocycles. The van der Waals surface area contributed by atoms with E-state index in [0.717, 1.165) is 12.8 Å². The maximum absolute atomic E-state index is 14.1. The van der Waals surface area contributed by atoms with Gasteiger partial charge in [0.15, 0.2) is 0 Å². The fourth-order valence-corrected chi connectivity index (χ4v) is 1.72. The second-order valence-electron chi connectivity index (χ2n) is 5.16. The van der Waals surface area contributed by atoms with Crippen LogP contribution in [0.4, 0.5) is 4.39 Å². The smallest absolute Gasteiger partial charge is 0.236 e. The normalized spacial score (nSPS) is 11.5. The van der Waals surface area contributed by atoms with Gasteiger partial charge in [-0.2, -0.15) is 0 Å².